The van der Waals surface area contributed by atoms with Crippen LogP contribution in [-0.2, 0) is 11.2 Å². The molecule has 1 aromatic carbocycles. The van der Waals surface area contributed by atoms with Crippen LogP contribution in [0.2, 0.25) is 5.02 Å². The summed E-state index contributed by atoms with van der Waals surface area (Å²) >= 11 is 6.12. The van der Waals surface area contributed by atoms with Crippen LogP contribution in [0.1, 0.15) is 5.56 Å². The lowest BCUT2D eigenvalue weighted by Crippen LogP contribution is -2.12. The monoisotopic (exact) mass is 385 g/mol. The Labute approximate surface area is 160 Å². The van der Waals surface area contributed by atoms with E-state index in [9.17, 15) is 0 Å². The number of hydrogen-bond acceptors (Lipinski definition) is 6. The summed E-state index contributed by atoms with van der Waals surface area (Å²) in [5, 5.41) is 8.39. The van der Waals surface area contributed by atoms with Crippen LogP contribution in [0.25, 0.3) is 22.1 Å². The second kappa shape index (κ2) is 7.81. The van der Waals surface area contributed by atoms with Gasteiger partial charge in [-0.1, -0.05) is 11.6 Å². The van der Waals surface area contributed by atoms with E-state index in [1.54, 1.807) is 13.4 Å². The van der Waals surface area contributed by atoms with Crippen molar-refractivity contribution in [3.05, 3.63) is 41.3 Å². The molecular formula is C18H20ClN7O. The molecule has 0 unspecified atom stereocenters. The van der Waals surface area contributed by atoms with E-state index < -0.39 is 0 Å². The van der Waals surface area contributed by atoms with Gasteiger partial charge in [-0.25, -0.2) is 4.98 Å². The number of H-pyrrole nitrogens is 2. The molecule has 4 rings (SSSR count). The van der Waals surface area contributed by atoms with Gasteiger partial charge >= 0.3 is 0 Å². The van der Waals surface area contributed by atoms with Gasteiger partial charge in [0.2, 0.25) is 5.95 Å². The Kier molecular flexibility index (Phi) is 5.08. The number of hydrogen-bond donors (Lipinski definition) is 4. The Morgan fingerprint density at radius 3 is 2.96 bits per heavy atom. The van der Waals surface area contributed by atoms with Crippen LogP contribution in [0.4, 0.5) is 11.8 Å². The Balaban J connectivity index is 1.47. The van der Waals surface area contributed by atoms with E-state index in [1.165, 1.54) is 5.56 Å². The molecule has 3 aromatic heterocycles. The molecule has 0 amide bonds. The molecule has 8 nitrogen and oxygen atoms in total. The van der Waals surface area contributed by atoms with Crippen LogP contribution in [-0.4, -0.2) is 51.7 Å². The van der Waals surface area contributed by atoms with Gasteiger partial charge in [0.25, 0.3) is 0 Å². The number of fused-ring (bicyclic) bond motifs is 2. The van der Waals surface area contributed by atoms with E-state index in [1.807, 2.05) is 24.4 Å². The maximum atomic E-state index is 6.12. The molecule has 0 aliphatic heterocycles. The van der Waals surface area contributed by atoms with Gasteiger partial charge in [-0.05, 0) is 30.2 Å². The minimum Gasteiger partial charge on any atom is -0.383 e. The topological polar surface area (TPSA) is 104 Å². The third-order valence-electron chi connectivity index (χ3n) is 4.29. The third kappa shape index (κ3) is 3.81. The zero-order chi connectivity index (χ0) is 18.6. The first-order valence-electron chi connectivity index (χ1n) is 8.68. The number of benzene rings is 1. The summed E-state index contributed by atoms with van der Waals surface area (Å²) in [6.45, 7) is 1.93. The molecule has 0 spiro atoms. The number of rotatable bonds is 8. The average molecular weight is 386 g/mol. The number of imidazole rings is 1. The van der Waals surface area contributed by atoms with Crippen LogP contribution in [0.3, 0.4) is 0 Å². The molecular weight excluding hydrogens is 366 g/mol. The fourth-order valence-electron chi connectivity index (χ4n) is 2.98. The molecule has 0 aliphatic carbocycles. The number of nitrogens with one attached hydrogen (secondary N) is 4. The zero-order valence-corrected chi connectivity index (χ0v) is 15.6. The third-order valence-corrected chi connectivity index (χ3v) is 4.53. The zero-order valence-electron chi connectivity index (χ0n) is 14.8. The average Bonchev–Trinajstić information content (AvgIpc) is 3.29. The molecule has 0 atom stereocenters. The summed E-state index contributed by atoms with van der Waals surface area (Å²) in [5.41, 5.74) is 3.67. The molecule has 0 saturated carbocycles. The van der Waals surface area contributed by atoms with Crippen LogP contribution < -0.4 is 10.6 Å². The predicted octanol–water partition coefficient (Wildman–Crippen LogP) is 3.20. The SMILES string of the molecule is COCCNc1nc(NCCc2c[nH]c3ccc(Cl)cc23)nc2nc[nH]c12. The van der Waals surface area contributed by atoms with E-state index in [0.29, 0.717) is 37.1 Å². The van der Waals surface area contributed by atoms with Crippen molar-refractivity contribution in [2.75, 3.05) is 37.4 Å². The Morgan fingerprint density at radius 2 is 2.07 bits per heavy atom. The minimum atomic E-state index is 0.535. The summed E-state index contributed by atoms with van der Waals surface area (Å²) in [7, 11) is 1.67. The van der Waals surface area contributed by atoms with Crippen molar-refractivity contribution in [3.8, 4) is 0 Å². The second-order valence-corrected chi connectivity index (χ2v) is 6.53. The Morgan fingerprint density at radius 1 is 1.15 bits per heavy atom. The number of ether oxygens (including phenoxy) is 1. The van der Waals surface area contributed by atoms with E-state index >= 15 is 0 Å². The smallest absolute Gasteiger partial charge is 0.226 e. The fraction of sp³-hybridized carbons (Fsp3) is 0.278. The summed E-state index contributed by atoms with van der Waals surface area (Å²) in [6, 6.07) is 5.85. The lowest BCUT2D eigenvalue weighted by molar-refractivity contribution is 0.210. The quantitative estimate of drug-likeness (QED) is 0.347. The maximum absolute atomic E-state index is 6.12. The van der Waals surface area contributed by atoms with Crippen molar-refractivity contribution in [3.63, 3.8) is 0 Å². The molecule has 4 aromatic rings. The molecule has 4 N–H and O–H groups in total. The summed E-state index contributed by atoms with van der Waals surface area (Å²) < 4.78 is 5.08. The van der Waals surface area contributed by atoms with Crippen LogP contribution in [0.15, 0.2) is 30.7 Å². The second-order valence-electron chi connectivity index (χ2n) is 6.10. The van der Waals surface area contributed by atoms with Crippen molar-refractivity contribution < 1.29 is 4.74 Å². The predicted molar refractivity (Wildman–Crippen MR) is 108 cm³/mol. The molecule has 0 fully saturated rings. The molecule has 27 heavy (non-hydrogen) atoms. The van der Waals surface area contributed by atoms with Gasteiger partial charge in [0.1, 0.15) is 5.52 Å². The van der Waals surface area contributed by atoms with E-state index in [0.717, 1.165) is 27.9 Å². The number of methoxy groups -OCH3 is 1. The van der Waals surface area contributed by atoms with E-state index in [2.05, 4.69) is 35.6 Å². The molecule has 0 radical (unpaired) electrons. The highest BCUT2D eigenvalue weighted by molar-refractivity contribution is 6.31. The van der Waals surface area contributed by atoms with Crippen LogP contribution in [0, 0.1) is 0 Å². The molecule has 9 heteroatoms. The first-order valence-corrected chi connectivity index (χ1v) is 9.05. The van der Waals surface area contributed by atoms with E-state index in [-0.39, 0.29) is 0 Å². The van der Waals surface area contributed by atoms with Crippen molar-refractivity contribution in [2.45, 2.75) is 6.42 Å². The van der Waals surface area contributed by atoms with Gasteiger partial charge in [-0.2, -0.15) is 9.97 Å². The van der Waals surface area contributed by atoms with E-state index in [4.69, 9.17) is 16.3 Å². The van der Waals surface area contributed by atoms with Crippen molar-refractivity contribution in [1.82, 2.24) is 24.9 Å². The lowest BCUT2D eigenvalue weighted by Gasteiger charge is -2.09. The lowest BCUT2D eigenvalue weighted by atomic mass is 10.1. The van der Waals surface area contributed by atoms with Gasteiger partial charge in [0.15, 0.2) is 11.5 Å². The highest BCUT2D eigenvalue weighted by Gasteiger charge is 2.10. The normalized spacial score (nSPS) is 11.3. The largest absolute Gasteiger partial charge is 0.383 e. The Hall–Kier alpha value is -2.84. The molecule has 3 heterocycles. The number of anilines is 2. The molecule has 0 bridgehead atoms. The van der Waals surface area contributed by atoms with Crippen LogP contribution >= 0.6 is 11.6 Å². The highest BCUT2D eigenvalue weighted by atomic mass is 35.5. The van der Waals surface area contributed by atoms with Crippen molar-refractivity contribution >= 4 is 45.4 Å². The minimum absolute atomic E-state index is 0.535. The van der Waals surface area contributed by atoms with Crippen molar-refractivity contribution in [1.29, 1.82) is 0 Å². The van der Waals surface area contributed by atoms with Crippen molar-refractivity contribution in [2.24, 2.45) is 0 Å². The molecule has 0 saturated heterocycles. The number of nitrogens with zero attached hydrogens (tertiary/aromatic N) is 3. The summed E-state index contributed by atoms with van der Waals surface area (Å²) in [4.78, 5) is 19.6. The summed E-state index contributed by atoms with van der Waals surface area (Å²) in [6.07, 6.45) is 4.44. The van der Waals surface area contributed by atoms with Gasteiger partial charge in [-0.3, -0.25) is 0 Å². The van der Waals surface area contributed by atoms with Gasteiger partial charge in [0.05, 0.1) is 12.9 Å². The van der Waals surface area contributed by atoms with Gasteiger partial charge < -0.3 is 25.3 Å². The maximum Gasteiger partial charge on any atom is 0.226 e. The standard InChI is InChI=1S/C18H20ClN7O/c1-27-7-6-20-16-15-17(24-10-23-15)26-18(25-16)21-5-4-11-9-22-14-3-2-12(19)8-13(11)14/h2-3,8-10,22H,4-7H2,1H3,(H3,20,21,23,24,25,26). The molecule has 140 valence electrons. The first kappa shape index (κ1) is 17.6. The number of aromatic nitrogens is 5. The number of halogens is 1. The molecule has 0 aliphatic rings. The summed E-state index contributed by atoms with van der Waals surface area (Å²) in [5.74, 6) is 1.24. The Bertz CT molecular complexity index is 1060. The van der Waals surface area contributed by atoms with Gasteiger partial charge in [0, 0.05) is 42.3 Å². The fourth-order valence-corrected chi connectivity index (χ4v) is 3.15. The first-order chi connectivity index (χ1) is 13.2. The number of aromatic amines is 2. The highest BCUT2D eigenvalue weighted by Crippen LogP contribution is 2.23. The van der Waals surface area contributed by atoms with Crippen LogP contribution in [0.5, 0.6) is 0 Å². The van der Waals surface area contributed by atoms with Gasteiger partial charge in [-0.15, -0.1) is 0 Å².